The van der Waals surface area contributed by atoms with Gasteiger partial charge in [0.25, 0.3) is 5.91 Å². The molecule has 152 valence electrons. The van der Waals surface area contributed by atoms with Gasteiger partial charge in [-0.2, -0.15) is 5.10 Å². The monoisotopic (exact) mass is 434 g/mol. The molecule has 2 aromatic heterocycles. The van der Waals surface area contributed by atoms with E-state index in [2.05, 4.69) is 15.4 Å². The Bertz CT molecular complexity index is 1070. The number of nitrogens with one attached hydrogen (secondary N) is 2. The number of hydrogen-bond donors (Lipinski definition) is 2. The number of benzene rings is 1. The molecule has 1 amide bonds. The van der Waals surface area contributed by atoms with Gasteiger partial charge in [0, 0.05) is 11.8 Å². The van der Waals surface area contributed by atoms with Crippen molar-refractivity contribution >= 4 is 40.9 Å². The van der Waals surface area contributed by atoms with Crippen LogP contribution in [0.15, 0.2) is 30.5 Å². The number of aromatic nitrogens is 3. The molecule has 7 nitrogen and oxygen atoms in total. The van der Waals surface area contributed by atoms with Crippen molar-refractivity contribution in [2.75, 3.05) is 11.9 Å². The van der Waals surface area contributed by atoms with Gasteiger partial charge in [0.05, 0.1) is 35.0 Å². The SMILES string of the molecule is CCOC(=O)c1c(C)[nH]c(C(=O)Nc2ccnn2Cc2cccc(Cl)c2Cl)c1C. The molecule has 3 rings (SSSR count). The van der Waals surface area contributed by atoms with E-state index in [-0.39, 0.29) is 12.5 Å². The molecule has 9 heteroatoms. The summed E-state index contributed by atoms with van der Waals surface area (Å²) in [7, 11) is 0. The zero-order valence-electron chi connectivity index (χ0n) is 16.2. The van der Waals surface area contributed by atoms with E-state index >= 15 is 0 Å². The average molecular weight is 435 g/mol. The molecule has 0 fully saturated rings. The number of hydrogen-bond acceptors (Lipinski definition) is 4. The van der Waals surface area contributed by atoms with Gasteiger partial charge < -0.3 is 15.0 Å². The van der Waals surface area contributed by atoms with Crippen LogP contribution in [0.4, 0.5) is 5.82 Å². The number of H-pyrrole nitrogens is 1. The van der Waals surface area contributed by atoms with Crippen LogP contribution in [0.2, 0.25) is 10.0 Å². The van der Waals surface area contributed by atoms with Crippen LogP contribution < -0.4 is 5.32 Å². The third-order valence-corrected chi connectivity index (χ3v) is 5.31. The molecule has 3 aromatic rings. The van der Waals surface area contributed by atoms with Crippen LogP contribution in [0.1, 0.15) is 44.6 Å². The van der Waals surface area contributed by atoms with Crippen LogP contribution in [0.5, 0.6) is 0 Å². The second-order valence-electron chi connectivity index (χ2n) is 6.39. The second kappa shape index (κ2) is 8.71. The summed E-state index contributed by atoms with van der Waals surface area (Å²) in [5.74, 6) is -0.367. The fourth-order valence-electron chi connectivity index (χ4n) is 3.06. The zero-order valence-corrected chi connectivity index (χ0v) is 17.7. The van der Waals surface area contributed by atoms with Gasteiger partial charge in [-0.3, -0.25) is 4.79 Å². The largest absolute Gasteiger partial charge is 0.462 e. The number of anilines is 1. The molecule has 2 heterocycles. The molecule has 0 saturated heterocycles. The highest BCUT2D eigenvalue weighted by Crippen LogP contribution is 2.27. The Morgan fingerprint density at radius 1 is 1.24 bits per heavy atom. The number of esters is 1. The molecule has 0 aliphatic carbocycles. The fourth-order valence-corrected chi connectivity index (χ4v) is 3.44. The van der Waals surface area contributed by atoms with Crippen LogP contribution in [-0.4, -0.2) is 33.2 Å². The highest BCUT2D eigenvalue weighted by molar-refractivity contribution is 6.42. The normalized spacial score (nSPS) is 10.8. The minimum absolute atomic E-state index is 0.260. The molecular formula is C20H20Cl2N4O3. The van der Waals surface area contributed by atoms with E-state index in [0.29, 0.717) is 44.9 Å². The number of carbonyl (C=O) groups is 2. The lowest BCUT2D eigenvalue weighted by Gasteiger charge is -2.11. The Labute approximate surface area is 178 Å². The smallest absolute Gasteiger partial charge is 0.340 e. The van der Waals surface area contributed by atoms with Crippen molar-refractivity contribution < 1.29 is 14.3 Å². The molecule has 0 atom stereocenters. The van der Waals surface area contributed by atoms with Crippen LogP contribution >= 0.6 is 23.2 Å². The van der Waals surface area contributed by atoms with Crippen LogP contribution in [0.3, 0.4) is 0 Å². The van der Waals surface area contributed by atoms with E-state index < -0.39 is 5.97 Å². The van der Waals surface area contributed by atoms with Crippen molar-refractivity contribution in [3.8, 4) is 0 Å². The molecule has 0 aliphatic rings. The summed E-state index contributed by atoms with van der Waals surface area (Å²) in [6.45, 7) is 5.75. The molecule has 0 radical (unpaired) electrons. The first-order chi connectivity index (χ1) is 13.8. The lowest BCUT2D eigenvalue weighted by atomic mass is 10.1. The molecular weight excluding hydrogens is 415 g/mol. The number of aryl methyl sites for hydroxylation is 1. The number of amides is 1. The third kappa shape index (κ3) is 4.31. The molecule has 1 aromatic carbocycles. The van der Waals surface area contributed by atoms with Gasteiger partial charge in [-0.1, -0.05) is 35.3 Å². The van der Waals surface area contributed by atoms with E-state index in [1.807, 2.05) is 6.07 Å². The Hall–Kier alpha value is -2.77. The first kappa shape index (κ1) is 21.0. The molecule has 29 heavy (non-hydrogen) atoms. The van der Waals surface area contributed by atoms with E-state index in [4.69, 9.17) is 27.9 Å². The molecule has 0 bridgehead atoms. The Balaban J connectivity index is 1.83. The summed E-state index contributed by atoms with van der Waals surface area (Å²) in [5.41, 5.74) is 2.54. The fraction of sp³-hybridized carbons (Fsp3) is 0.250. The van der Waals surface area contributed by atoms with Crippen molar-refractivity contribution in [1.82, 2.24) is 14.8 Å². The molecule has 0 saturated carbocycles. The molecule has 2 N–H and O–H groups in total. The molecule has 0 aliphatic heterocycles. The van der Waals surface area contributed by atoms with Gasteiger partial charge >= 0.3 is 5.97 Å². The predicted octanol–water partition coefficient (Wildman–Crippen LogP) is 4.61. The van der Waals surface area contributed by atoms with Gasteiger partial charge in [-0.25, -0.2) is 9.48 Å². The summed E-state index contributed by atoms with van der Waals surface area (Å²) in [4.78, 5) is 27.9. The minimum atomic E-state index is -0.460. The first-order valence-electron chi connectivity index (χ1n) is 8.95. The average Bonchev–Trinajstić information content (AvgIpc) is 3.22. The predicted molar refractivity (Wildman–Crippen MR) is 112 cm³/mol. The topological polar surface area (TPSA) is 89.0 Å². The highest BCUT2D eigenvalue weighted by atomic mass is 35.5. The first-order valence-corrected chi connectivity index (χ1v) is 9.71. The number of carbonyl (C=O) groups excluding carboxylic acids is 2. The summed E-state index contributed by atoms with van der Waals surface area (Å²) in [5, 5.41) is 7.95. The van der Waals surface area contributed by atoms with Crippen molar-refractivity contribution in [3.63, 3.8) is 0 Å². The summed E-state index contributed by atoms with van der Waals surface area (Å²) in [6.07, 6.45) is 1.57. The summed E-state index contributed by atoms with van der Waals surface area (Å²) in [6, 6.07) is 7.02. The Morgan fingerprint density at radius 3 is 2.72 bits per heavy atom. The van der Waals surface area contributed by atoms with Gasteiger partial charge in [0.1, 0.15) is 11.5 Å². The number of rotatable bonds is 6. The number of ether oxygens (including phenoxy) is 1. The van der Waals surface area contributed by atoms with Gasteiger partial charge in [0.2, 0.25) is 0 Å². The number of nitrogens with zero attached hydrogens (tertiary/aromatic N) is 2. The standard InChI is InChI=1S/C20H20Cl2N4O3/c1-4-29-20(28)16-11(2)18(24-12(16)3)19(27)25-15-8-9-23-26(15)10-13-6-5-7-14(21)17(13)22/h5-9,24H,4,10H2,1-3H3,(H,25,27). The van der Waals surface area contributed by atoms with E-state index in [1.54, 1.807) is 49.8 Å². The van der Waals surface area contributed by atoms with Gasteiger partial charge in [0.15, 0.2) is 0 Å². The van der Waals surface area contributed by atoms with Gasteiger partial charge in [-0.15, -0.1) is 0 Å². The zero-order chi connectivity index (χ0) is 21.1. The van der Waals surface area contributed by atoms with Crippen molar-refractivity contribution in [2.24, 2.45) is 0 Å². The Kier molecular flexibility index (Phi) is 6.30. The third-order valence-electron chi connectivity index (χ3n) is 4.45. The highest BCUT2D eigenvalue weighted by Gasteiger charge is 2.23. The van der Waals surface area contributed by atoms with Crippen molar-refractivity contribution in [3.05, 3.63) is 68.6 Å². The van der Waals surface area contributed by atoms with Crippen molar-refractivity contribution in [1.29, 1.82) is 0 Å². The maximum Gasteiger partial charge on any atom is 0.340 e. The lowest BCUT2D eigenvalue weighted by molar-refractivity contribution is 0.0525. The van der Waals surface area contributed by atoms with Crippen molar-refractivity contribution in [2.45, 2.75) is 27.3 Å². The minimum Gasteiger partial charge on any atom is -0.462 e. The van der Waals surface area contributed by atoms with Crippen LogP contribution in [-0.2, 0) is 11.3 Å². The molecule has 0 spiro atoms. The Morgan fingerprint density at radius 2 is 2.00 bits per heavy atom. The summed E-state index contributed by atoms with van der Waals surface area (Å²) < 4.78 is 6.67. The van der Waals surface area contributed by atoms with E-state index in [1.165, 1.54) is 0 Å². The van der Waals surface area contributed by atoms with Gasteiger partial charge in [-0.05, 0) is 38.0 Å². The van der Waals surface area contributed by atoms with Crippen LogP contribution in [0, 0.1) is 13.8 Å². The quantitative estimate of drug-likeness (QED) is 0.554. The van der Waals surface area contributed by atoms with Crippen LogP contribution in [0.25, 0.3) is 0 Å². The van der Waals surface area contributed by atoms with E-state index in [9.17, 15) is 9.59 Å². The maximum atomic E-state index is 12.8. The maximum absolute atomic E-state index is 12.8. The number of halogens is 2. The second-order valence-corrected chi connectivity index (χ2v) is 7.17. The van der Waals surface area contributed by atoms with E-state index in [0.717, 1.165) is 5.56 Å². The molecule has 0 unspecified atom stereocenters. The lowest BCUT2D eigenvalue weighted by Crippen LogP contribution is -2.18. The summed E-state index contributed by atoms with van der Waals surface area (Å²) >= 11 is 12.3. The number of aromatic amines is 1.